The Morgan fingerprint density at radius 3 is 2.53 bits per heavy atom. The number of para-hydroxylation sites is 1. The molecule has 2 rings (SSSR count). The first-order chi connectivity index (χ1) is 9.24. The molecular weight excluding hydrogens is 232 g/mol. The first kappa shape index (κ1) is 13.7. The van der Waals surface area contributed by atoms with Crippen LogP contribution in [-0.4, -0.2) is 0 Å². The van der Waals surface area contributed by atoms with Gasteiger partial charge in [-0.2, -0.15) is 0 Å². The summed E-state index contributed by atoms with van der Waals surface area (Å²) in [4.78, 5) is 0. The second-order valence-corrected chi connectivity index (χ2v) is 5.14. The normalized spacial score (nSPS) is 15.1. The highest BCUT2D eigenvalue weighted by molar-refractivity contribution is 5.59. The molecule has 1 N–H and O–H groups in total. The van der Waals surface area contributed by atoms with Crippen LogP contribution in [0.1, 0.15) is 46.0 Å². The van der Waals surface area contributed by atoms with Gasteiger partial charge in [-0.05, 0) is 37.5 Å². The fourth-order valence-corrected chi connectivity index (χ4v) is 2.51. The number of unbranched alkanes of at least 4 members (excludes halogenated alkanes) is 3. The van der Waals surface area contributed by atoms with Crippen molar-refractivity contribution in [3.05, 3.63) is 53.9 Å². The highest BCUT2D eigenvalue weighted by Gasteiger charge is 2.22. The lowest BCUT2D eigenvalue weighted by atomic mass is 10.0. The molecule has 0 aromatic heterocycles. The summed E-state index contributed by atoms with van der Waals surface area (Å²) in [6.07, 6.45) is 6.30. The largest absolute Gasteiger partial charge is 0.298 e. The van der Waals surface area contributed by atoms with E-state index < -0.39 is 0 Å². The number of anilines is 1. The molecule has 0 atom stereocenters. The predicted molar refractivity (Wildman–Crippen MR) is 82.7 cm³/mol. The van der Waals surface area contributed by atoms with Crippen LogP contribution in [0, 0.1) is 0 Å². The molecule has 0 spiro atoms. The Morgan fingerprint density at radius 1 is 1.11 bits per heavy atom. The third kappa shape index (κ3) is 3.19. The first-order valence-corrected chi connectivity index (χ1v) is 7.25. The third-order valence-corrected chi connectivity index (χ3v) is 3.65. The highest BCUT2D eigenvalue weighted by Crippen LogP contribution is 2.31. The summed E-state index contributed by atoms with van der Waals surface area (Å²) in [5, 5.41) is 2.09. The molecule has 1 aromatic rings. The predicted octanol–water partition coefficient (Wildman–Crippen LogP) is 4.77. The van der Waals surface area contributed by atoms with Gasteiger partial charge in [-0.15, -0.1) is 0 Å². The van der Waals surface area contributed by atoms with E-state index in [1.54, 1.807) is 0 Å². The number of allylic oxidation sites excluding steroid dienone is 2. The molecule has 1 aliphatic rings. The molecule has 0 radical (unpaired) electrons. The smallest absolute Gasteiger partial charge is 0.0630 e. The third-order valence-electron chi connectivity index (χ3n) is 3.65. The molecule has 0 unspecified atom stereocenters. The minimum atomic E-state index is 1.10. The standard InChI is InChI=1S/C17H24N2/c1-4-5-6-10-13-17-14(2)18-19(15(17)3)16-11-8-7-9-12-16/h7-9,11-12,18H,3-6,10,13H2,1-2H3. The molecule has 0 bridgehead atoms. The molecule has 19 heavy (non-hydrogen) atoms. The molecule has 2 nitrogen and oxygen atoms in total. The molecule has 0 amide bonds. The Bertz CT molecular complexity index is 459. The minimum Gasteiger partial charge on any atom is -0.298 e. The zero-order valence-electron chi connectivity index (χ0n) is 12.1. The van der Waals surface area contributed by atoms with Gasteiger partial charge in [0.05, 0.1) is 11.4 Å². The van der Waals surface area contributed by atoms with Gasteiger partial charge in [0.1, 0.15) is 0 Å². The molecule has 102 valence electrons. The lowest BCUT2D eigenvalue weighted by Gasteiger charge is -2.21. The topological polar surface area (TPSA) is 15.3 Å². The van der Waals surface area contributed by atoms with Crippen molar-refractivity contribution >= 4 is 5.69 Å². The fraction of sp³-hybridized carbons (Fsp3) is 0.412. The number of hydrogen-bond donors (Lipinski definition) is 1. The zero-order valence-corrected chi connectivity index (χ0v) is 12.1. The fourth-order valence-electron chi connectivity index (χ4n) is 2.51. The molecule has 0 saturated carbocycles. The van der Waals surface area contributed by atoms with E-state index in [9.17, 15) is 0 Å². The lowest BCUT2D eigenvalue weighted by molar-refractivity contribution is 0.665. The van der Waals surface area contributed by atoms with Crippen LogP contribution < -0.4 is 10.4 Å². The van der Waals surface area contributed by atoms with Gasteiger partial charge in [-0.1, -0.05) is 51.0 Å². The number of hydrazine groups is 1. The van der Waals surface area contributed by atoms with E-state index >= 15 is 0 Å². The van der Waals surface area contributed by atoms with E-state index in [0.29, 0.717) is 0 Å². The molecule has 0 fully saturated rings. The van der Waals surface area contributed by atoms with Crippen molar-refractivity contribution in [2.24, 2.45) is 0 Å². The number of nitrogens with zero attached hydrogens (tertiary/aromatic N) is 1. The summed E-state index contributed by atoms with van der Waals surface area (Å²) in [6, 6.07) is 10.4. The second kappa shape index (κ2) is 6.46. The summed E-state index contributed by atoms with van der Waals surface area (Å²) >= 11 is 0. The van der Waals surface area contributed by atoms with Gasteiger partial charge in [0.15, 0.2) is 0 Å². The average Bonchev–Trinajstić information content (AvgIpc) is 2.72. The van der Waals surface area contributed by atoms with E-state index in [-0.39, 0.29) is 0 Å². The lowest BCUT2D eigenvalue weighted by Crippen LogP contribution is -2.29. The zero-order chi connectivity index (χ0) is 13.7. The van der Waals surface area contributed by atoms with E-state index in [1.807, 2.05) is 6.07 Å². The Labute approximate surface area is 116 Å². The Morgan fingerprint density at radius 2 is 1.84 bits per heavy atom. The average molecular weight is 256 g/mol. The maximum absolute atomic E-state index is 4.25. The Hall–Kier alpha value is -1.70. The van der Waals surface area contributed by atoms with Crippen LogP contribution in [0.4, 0.5) is 5.69 Å². The highest BCUT2D eigenvalue weighted by atomic mass is 15.5. The Kier molecular flexibility index (Phi) is 4.67. The van der Waals surface area contributed by atoms with Crippen molar-refractivity contribution in [3.8, 4) is 0 Å². The molecule has 1 aliphatic heterocycles. The summed E-state index contributed by atoms with van der Waals surface area (Å²) in [5.74, 6) is 0. The molecule has 1 heterocycles. The van der Waals surface area contributed by atoms with Crippen LogP contribution in [0.2, 0.25) is 0 Å². The van der Waals surface area contributed by atoms with E-state index in [2.05, 4.69) is 55.1 Å². The van der Waals surface area contributed by atoms with Crippen molar-refractivity contribution in [1.82, 2.24) is 5.43 Å². The first-order valence-electron chi connectivity index (χ1n) is 7.25. The van der Waals surface area contributed by atoms with Gasteiger partial charge in [-0.3, -0.25) is 10.4 Å². The van der Waals surface area contributed by atoms with Crippen LogP contribution in [0.15, 0.2) is 53.9 Å². The van der Waals surface area contributed by atoms with Crippen LogP contribution in [0.25, 0.3) is 0 Å². The molecule has 0 saturated heterocycles. The number of rotatable bonds is 6. The van der Waals surface area contributed by atoms with Crippen molar-refractivity contribution in [3.63, 3.8) is 0 Å². The van der Waals surface area contributed by atoms with Gasteiger partial charge in [-0.25, -0.2) is 0 Å². The van der Waals surface area contributed by atoms with Gasteiger partial charge in [0.25, 0.3) is 0 Å². The Balaban J connectivity index is 1.99. The molecule has 0 aliphatic carbocycles. The van der Waals surface area contributed by atoms with Gasteiger partial charge < -0.3 is 0 Å². The van der Waals surface area contributed by atoms with Crippen molar-refractivity contribution in [2.75, 3.05) is 5.01 Å². The number of benzene rings is 1. The maximum Gasteiger partial charge on any atom is 0.0630 e. The summed E-state index contributed by atoms with van der Waals surface area (Å²) < 4.78 is 0. The minimum absolute atomic E-state index is 1.10. The van der Waals surface area contributed by atoms with Crippen LogP contribution in [0.3, 0.4) is 0 Å². The molecule has 1 aromatic carbocycles. The van der Waals surface area contributed by atoms with Crippen molar-refractivity contribution in [1.29, 1.82) is 0 Å². The number of nitrogens with one attached hydrogen (secondary N) is 1. The van der Waals surface area contributed by atoms with Crippen molar-refractivity contribution < 1.29 is 0 Å². The van der Waals surface area contributed by atoms with E-state index in [0.717, 1.165) is 17.8 Å². The van der Waals surface area contributed by atoms with E-state index in [4.69, 9.17) is 0 Å². The molecular formula is C17H24N2. The quantitative estimate of drug-likeness (QED) is 0.738. The summed E-state index contributed by atoms with van der Waals surface area (Å²) in [5.41, 5.74) is 8.29. The van der Waals surface area contributed by atoms with Gasteiger partial charge >= 0.3 is 0 Å². The van der Waals surface area contributed by atoms with Crippen LogP contribution >= 0.6 is 0 Å². The maximum atomic E-state index is 4.25. The molecule has 2 heteroatoms. The summed E-state index contributed by atoms with van der Waals surface area (Å²) in [7, 11) is 0. The van der Waals surface area contributed by atoms with Crippen molar-refractivity contribution in [2.45, 2.75) is 46.0 Å². The monoisotopic (exact) mass is 256 g/mol. The second-order valence-electron chi connectivity index (χ2n) is 5.14. The summed E-state index contributed by atoms with van der Waals surface area (Å²) in [6.45, 7) is 8.64. The SMILES string of the molecule is C=C1C(CCCCCC)=C(C)NN1c1ccccc1. The van der Waals surface area contributed by atoms with Gasteiger partial charge in [0.2, 0.25) is 0 Å². The van der Waals surface area contributed by atoms with Crippen LogP contribution in [0.5, 0.6) is 0 Å². The van der Waals surface area contributed by atoms with Gasteiger partial charge in [0, 0.05) is 5.70 Å². The van der Waals surface area contributed by atoms with Crippen LogP contribution in [-0.2, 0) is 0 Å². The number of hydrogen-bond acceptors (Lipinski definition) is 2. The van der Waals surface area contributed by atoms with E-state index in [1.165, 1.54) is 37.0 Å².